The Hall–Kier alpha value is -2.94. The van der Waals surface area contributed by atoms with Crippen LogP contribution in [0.3, 0.4) is 0 Å². The van der Waals surface area contributed by atoms with E-state index in [1.165, 1.54) is 18.5 Å². The van der Waals surface area contributed by atoms with E-state index in [0.29, 0.717) is 17.2 Å². The molecule has 0 saturated carbocycles. The number of sulfonamides is 1. The summed E-state index contributed by atoms with van der Waals surface area (Å²) in [5.41, 5.74) is 2.51. The number of anilines is 2. The van der Waals surface area contributed by atoms with Gasteiger partial charge in [-0.2, -0.15) is 0 Å². The second kappa shape index (κ2) is 9.51. The number of piperidine rings is 1. The zero-order chi connectivity index (χ0) is 23.6. The van der Waals surface area contributed by atoms with E-state index in [1.54, 1.807) is 18.2 Å². The Morgan fingerprint density at radius 2 is 1.79 bits per heavy atom. The second-order valence-electron chi connectivity index (χ2n) is 8.86. The van der Waals surface area contributed by atoms with Crippen LogP contribution < -0.4 is 24.0 Å². The average Bonchev–Trinajstić information content (AvgIpc) is 3.25. The Labute approximate surface area is 195 Å². The molecule has 1 atom stereocenters. The summed E-state index contributed by atoms with van der Waals surface area (Å²) in [5, 5.41) is 2.91. The normalized spacial score (nSPS) is 17.0. The van der Waals surface area contributed by atoms with Gasteiger partial charge in [-0.25, -0.2) is 8.42 Å². The van der Waals surface area contributed by atoms with Crippen LogP contribution in [0.4, 0.5) is 11.4 Å². The SMILES string of the molecule is CC1CCN(c2ccc(C(C)NC(=O)CN(c3ccc4c(c3)OCO4)S(C)(=O)=O)cc2)CC1. The highest BCUT2D eigenvalue weighted by Crippen LogP contribution is 2.36. The Kier molecular flexibility index (Phi) is 6.69. The number of benzene rings is 2. The fourth-order valence-corrected chi connectivity index (χ4v) is 5.03. The summed E-state index contributed by atoms with van der Waals surface area (Å²) in [7, 11) is -3.68. The van der Waals surface area contributed by atoms with Gasteiger partial charge in [0.25, 0.3) is 0 Å². The number of nitrogens with one attached hydrogen (secondary N) is 1. The molecule has 1 unspecified atom stereocenters. The van der Waals surface area contributed by atoms with Crippen LogP contribution in [-0.2, 0) is 14.8 Å². The number of rotatable bonds is 7. The van der Waals surface area contributed by atoms with Crippen molar-refractivity contribution in [1.82, 2.24) is 5.32 Å². The fourth-order valence-electron chi connectivity index (χ4n) is 4.18. The highest BCUT2D eigenvalue weighted by Gasteiger charge is 2.24. The number of hydrogen-bond acceptors (Lipinski definition) is 6. The lowest BCUT2D eigenvalue weighted by atomic mass is 9.98. The van der Waals surface area contributed by atoms with Crippen LogP contribution in [0.5, 0.6) is 11.5 Å². The van der Waals surface area contributed by atoms with Crippen molar-refractivity contribution in [2.75, 3.05) is 41.9 Å². The van der Waals surface area contributed by atoms with Gasteiger partial charge in [0.15, 0.2) is 11.5 Å². The molecule has 33 heavy (non-hydrogen) atoms. The molecule has 2 aromatic rings. The molecule has 1 N–H and O–H groups in total. The molecule has 2 aliphatic rings. The van der Waals surface area contributed by atoms with Crippen molar-refractivity contribution in [1.29, 1.82) is 0 Å². The van der Waals surface area contributed by atoms with Gasteiger partial charge in [-0.1, -0.05) is 19.1 Å². The maximum absolute atomic E-state index is 12.8. The van der Waals surface area contributed by atoms with Crippen molar-refractivity contribution >= 4 is 27.3 Å². The van der Waals surface area contributed by atoms with E-state index in [4.69, 9.17) is 9.47 Å². The highest BCUT2D eigenvalue weighted by molar-refractivity contribution is 7.92. The maximum Gasteiger partial charge on any atom is 0.241 e. The first-order valence-corrected chi connectivity index (χ1v) is 13.1. The minimum atomic E-state index is -3.68. The van der Waals surface area contributed by atoms with Crippen molar-refractivity contribution in [3.63, 3.8) is 0 Å². The summed E-state index contributed by atoms with van der Waals surface area (Å²) in [6.07, 6.45) is 3.48. The first kappa shape index (κ1) is 23.2. The van der Waals surface area contributed by atoms with Gasteiger partial charge in [0.05, 0.1) is 18.0 Å². The molecule has 2 aliphatic heterocycles. The third-order valence-corrected chi connectivity index (χ3v) is 7.39. The molecule has 4 rings (SSSR count). The molecular formula is C24H31N3O5S. The van der Waals surface area contributed by atoms with Crippen LogP contribution in [-0.4, -0.2) is 47.0 Å². The molecule has 178 valence electrons. The summed E-state index contributed by atoms with van der Waals surface area (Å²) in [6.45, 7) is 6.07. The number of carbonyl (C=O) groups excluding carboxylic acids is 1. The first-order chi connectivity index (χ1) is 15.7. The first-order valence-electron chi connectivity index (χ1n) is 11.2. The van der Waals surface area contributed by atoms with Crippen LogP contribution in [0.25, 0.3) is 0 Å². The topological polar surface area (TPSA) is 88.2 Å². The quantitative estimate of drug-likeness (QED) is 0.664. The highest BCUT2D eigenvalue weighted by atomic mass is 32.2. The molecule has 0 bridgehead atoms. The molecule has 8 nitrogen and oxygen atoms in total. The van der Waals surface area contributed by atoms with Crippen molar-refractivity contribution in [3.05, 3.63) is 48.0 Å². The molecule has 0 aromatic heterocycles. The lowest BCUT2D eigenvalue weighted by Crippen LogP contribution is -2.41. The summed E-state index contributed by atoms with van der Waals surface area (Å²) in [5.74, 6) is 1.39. The predicted molar refractivity (Wildman–Crippen MR) is 128 cm³/mol. The van der Waals surface area contributed by atoms with E-state index in [1.807, 2.05) is 19.1 Å². The Balaban J connectivity index is 1.40. The molecule has 1 fully saturated rings. The van der Waals surface area contributed by atoms with E-state index in [0.717, 1.165) is 35.1 Å². The zero-order valence-corrected chi connectivity index (χ0v) is 20.1. The van der Waals surface area contributed by atoms with Crippen LogP contribution >= 0.6 is 0 Å². The van der Waals surface area contributed by atoms with Crippen molar-refractivity contribution in [3.8, 4) is 11.5 Å². The van der Waals surface area contributed by atoms with E-state index in [9.17, 15) is 13.2 Å². The van der Waals surface area contributed by atoms with Crippen LogP contribution in [0, 0.1) is 5.92 Å². The summed E-state index contributed by atoms with van der Waals surface area (Å²) < 4.78 is 36.5. The number of amides is 1. The van der Waals surface area contributed by atoms with E-state index in [-0.39, 0.29) is 25.3 Å². The molecule has 1 amide bonds. The molecule has 0 radical (unpaired) electrons. The molecule has 0 spiro atoms. The number of hydrogen-bond donors (Lipinski definition) is 1. The average molecular weight is 474 g/mol. The van der Waals surface area contributed by atoms with Crippen molar-refractivity contribution < 1.29 is 22.7 Å². The van der Waals surface area contributed by atoms with E-state index in [2.05, 4.69) is 29.3 Å². The molecule has 9 heteroatoms. The Bertz CT molecular complexity index is 1100. The monoisotopic (exact) mass is 473 g/mol. The Morgan fingerprint density at radius 1 is 1.12 bits per heavy atom. The standard InChI is InChI=1S/C24H31N3O5S/c1-17-10-12-26(13-11-17)20-6-4-19(5-7-20)18(2)25-24(28)15-27(33(3,29)30)21-8-9-22-23(14-21)32-16-31-22/h4-9,14,17-18H,10-13,15-16H2,1-3H3,(H,25,28). The molecular weight excluding hydrogens is 442 g/mol. The molecule has 2 heterocycles. The number of fused-ring (bicyclic) bond motifs is 1. The summed E-state index contributed by atoms with van der Waals surface area (Å²) >= 11 is 0. The lowest BCUT2D eigenvalue weighted by molar-refractivity contribution is -0.120. The van der Waals surface area contributed by atoms with Gasteiger partial charge in [-0.15, -0.1) is 0 Å². The molecule has 0 aliphatic carbocycles. The third kappa shape index (κ3) is 5.52. The number of carbonyl (C=O) groups is 1. The van der Waals surface area contributed by atoms with Crippen LogP contribution in [0.2, 0.25) is 0 Å². The second-order valence-corrected chi connectivity index (χ2v) is 10.8. The smallest absolute Gasteiger partial charge is 0.241 e. The van der Waals surface area contributed by atoms with Gasteiger partial charge in [0, 0.05) is 24.8 Å². The largest absolute Gasteiger partial charge is 0.454 e. The summed E-state index contributed by atoms with van der Waals surface area (Å²) in [6, 6.07) is 12.8. The van der Waals surface area contributed by atoms with Crippen LogP contribution in [0.15, 0.2) is 42.5 Å². The van der Waals surface area contributed by atoms with Crippen molar-refractivity contribution in [2.24, 2.45) is 5.92 Å². The Morgan fingerprint density at radius 3 is 2.45 bits per heavy atom. The van der Waals surface area contributed by atoms with Gasteiger partial charge < -0.3 is 19.7 Å². The summed E-state index contributed by atoms with van der Waals surface area (Å²) in [4.78, 5) is 15.1. The van der Waals surface area contributed by atoms with Gasteiger partial charge in [-0.05, 0) is 55.5 Å². The third-order valence-electron chi connectivity index (χ3n) is 6.25. The van der Waals surface area contributed by atoms with Gasteiger partial charge in [0.1, 0.15) is 6.54 Å². The number of nitrogens with zero attached hydrogens (tertiary/aromatic N) is 2. The minimum Gasteiger partial charge on any atom is -0.454 e. The van der Waals surface area contributed by atoms with Crippen molar-refractivity contribution in [2.45, 2.75) is 32.7 Å². The van der Waals surface area contributed by atoms with E-state index >= 15 is 0 Å². The van der Waals surface area contributed by atoms with Gasteiger partial charge >= 0.3 is 0 Å². The van der Waals surface area contributed by atoms with Gasteiger partial charge in [0.2, 0.25) is 22.7 Å². The minimum absolute atomic E-state index is 0.0886. The van der Waals surface area contributed by atoms with E-state index < -0.39 is 10.0 Å². The fraction of sp³-hybridized carbons (Fsp3) is 0.458. The maximum atomic E-state index is 12.8. The lowest BCUT2D eigenvalue weighted by Gasteiger charge is -2.32. The van der Waals surface area contributed by atoms with Gasteiger partial charge in [-0.3, -0.25) is 9.10 Å². The van der Waals surface area contributed by atoms with Crippen LogP contribution in [0.1, 0.15) is 38.3 Å². The molecule has 1 saturated heterocycles. The zero-order valence-electron chi connectivity index (χ0n) is 19.3. The number of ether oxygens (including phenoxy) is 2. The molecule has 2 aromatic carbocycles. The predicted octanol–water partition coefficient (Wildman–Crippen LogP) is 3.30.